The van der Waals surface area contributed by atoms with Crippen molar-refractivity contribution in [2.75, 3.05) is 0 Å². The van der Waals surface area contributed by atoms with Crippen molar-refractivity contribution in [1.29, 1.82) is 0 Å². The molecule has 0 atom stereocenters. The maximum atomic E-state index is 2.60. The van der Waals surface area contributed by atoms with Gasteiger partial charge < -0.3 is 8.97 Å². The summed E-state index contributed by atoms with van der Waals surface area (Å²) < 4.78 is 7.75. The van der Waals surface area contributed by atoms with Gasteiger partial charge in [0, 0.05) is 58.2 Å². The Kier molecular flexibility index (Phi) is 5.41. The molecule has 0 bridgehead atoms. The number of hydrogen-bond donors (Lipinski definition) is 0. The lowest BCUT2D eigenvalue weighted by Gasteiger charge is -2.11. The molecule has 0 N–H and O–H groups in total. The average Bonchev–Trinajstić information content (AvgIpc) is 3.86. The average molecular weight is 665 g/mol. The van der Waals surface area contributed by atoms with Crippen LogP contribution in [0.4, 0.5) is 0 Å². The van der Waals surface area contributed by atoms with Crippen molar-refractivity contribution in [3.05, 3.63) is 170 Å². The number of aromatic nitrogens is 2. The number of rotatable bonds is 2. The van der Waals surface area contributed by atoms with Crippen LogP contribution in [0.5, 0.6) is 0 Å². The highest BCUT2D eigenvalue weighted by Gasteiger charge is 2.22. The highest BCUT2D eigenvalue weighted by Crippen LogP contribution is 2.46. The van der Waals surface area contributed by atoms with Gasteiger partial charge in [0.1, 0.15) is 0 Å². The summed E-state index contributed by atoms with van der Waals surface area (Å²) in [4.78, 5) is 0. The smallest absolute Gasteiger partial charge is 0.0789 e. The molecule has 0 fully saturated rings. The summed E-state index contributed by atoms with van der Waals surface area (Å²) in [7, 11) is 0. The summed E-state index contributed by atoms with van der Waals surface area (Å²) in [5.41, 5.74) is 9.71. The first-order valence-corrected chi connectivity index (χ1v) is 18.3. The quantitative estimate of drug-likeness (QED) is 0.174. The molecule has 2 nitrogen and oxygen atoms in total. The fraction of sp³-hybridized carbons (Fsp3) is 0. The lowest BCUT2D eigenvalue weighted by molar-refractivity contribution is 1.18. The van der Waals surface area contributed by atoms with E-state index in [1.54, 1.807) is 0 Å². The Morgan fingerprint density at radius 1 is 0.314 bits per heavy atom. The van der Waals surface area contributed by atoms with E-state index in [9.17, 15) is 0 Å². The number of nitrogens with zero attached hydrogens (tertiary/aromatic N) is 2. The van der Waals surface area contributed by atoms with Gasteiger partial charge in [-0.2, -0.15) is 0 Å². The standard InChI is InChI=1S/C48H28N2S/c1-2-11-29(12-3-1)30-23-25-31(26-24-30)49-40-19-6-5-14-33(40)38-27-28-39-37-18-8-17-36-35-16-10-22-43-45(35)44-34(15-9-21-42(44)51-43)32-13-4-7-20-41(32)50(46(36)37)48(39)47(38)49/h1-28H. The normalized spacial score (nSPS) is 12.3. The Morgan fingerprint density at radius 2 is 0.804 bits per heavy atom. The zero-order valence-corrected chi connectivity index (χ0v) is 28.3. The Hall–Kier alpha value is -6.42. The third kappa shape index (κ3) is 3.60. The number of fused-ring (bicyclic) bond motifs is 11. The summed E-state index contributed by atoms with van der Waals surface area (Å²) in [6.45, 7) is 0. The van der Waals surface area contributed by atoms with Crippen LogP contribution in [0.2, 0.25) is 0 Å². The van der Waals surface area contributed by atoms with Gasteiger partial charge in [-0.25, -0.2) is 0 Å². The lowest BCUT2D eigenvalue weighted by atomic mass is 10.0. The molecule has 0 saturated heterocycles. The first-order valence-electron chi connectivity index (χ1n) is 17.5. The maximum Gasteiger partial charge on any atom is 0.0789 e. The van der Waals surface area contributed by atoms with Crippen molar-refractivity contribution in [3.8, 4) is 16.8 Å². The fourth-order valence-corrected chi connectivity index (χ4v) is 10.1. The molecule has 12 rings (SSSR count). The highest BCUT2D eigenvalue weighted by atomic mass is 32.1. The van der Waals surface area contributed by atoms with Gasteiger partial charge in [-0.1, -0.05) is 133 Å². The van der Waals surface area contributed by atoms with E-state index in [2.05, 4.69) is 179 Å². The molecule has 0 saturated carbocycles. The molecular weight excluding hydrogens is 637 g/mol. The molecule has 0 unspecified atom stereocenters. The molecule has 236 valence electrons. The molecule has 4 aromatic heterocycles. The molecule has 0 aliphatic carbocycles. The SMILES string of the molecule is c1ccc(-c2ccc(-n3c4ccccc4c4ccc5c6cccc7c8cccc9sc%10cccc(c%11ccccc%11n(c76)c5c43)c%10c98)cc2)cc1. The minimum absolute atomic E-state index is 1.15. The van der Waals surface area contributed by atoms with Gasteiger partial charge in [0.2, 0.25) is 0 Å². The monoisotopic (exact) mass is 664 g/mol. The van der Waals surface area contributed by atoms with Gasteiger partial charge in [0.15, 0.2) is 0 Å². The second-order valence-electron chi connectivity index (χ2n) is 13.6. The second kappa shape index (κ2) is 10.1. The largest absolute Gasteiger partial charge is 0.307 e. The van der Waals surface area contributed by atoms with Crippen LogP contribution in [0, 0.1) is 0 Å². The van der Waals surface area contributed by atoms with Crippen molar-refractivity contribution in [3.63, 3.8) is 0 Å². The Morgan fingerprint density at radius 3 is 1.53 bits per heavy atom. The Balaban J connectivity index is 1.37. The zero-order valence-electron chi connectivity index (χ0n) is 27.5. The summed E-state index contributed by atoms with van der Waals surface area (Å²) in [5.74, 6) is 0. The number of thiophene rings is 1. The van der Waals surface area contributed by atoms with Crippen LogP contribution in [0.1, 0.15) is 0 Å². The van der Waals surface area contributed by atoms with Gasteiger partial charge >= 0.3 is 0 Å². The molecule has 3 heteroatoms. The molecule has 0 amide bonds. The van der Waals surface area contributed by atoms with Crippen LogP contribution >= 0.6 is 11.3 Å². The molecule has 8 aromatic carbocycles. The predicted octanol–water partition coefficient (Wildman–Crippen LogP) is 13.7. The molecule has 12 aromatic rings. The van der Waals surface area contributed by atoms with E-state index >= 15 is 0 Å². The van der Waals surface area contributed by atoms with E-state index in [0.29, 0.717) is 0 Å². The van der Waals surface area contributed by atoms with Crippen LogP contribution in [0.25, 0.3) is 108 Å². The topological polar surface area (TPSA) is 9.34 Å². The van der Waals surface area contributed by atoms with Gasteiger partial charge in [0.25, 0.3) is 0 Å². The lowest BCUT2D eigenvalue weighted by Crippen LogP contribution is -1.96. The van der Waals surface area contributed by atoms with E-state index < -0.39 is 0 Å². The molecule has 0 aliphatic heterocycles. The summed E-state index contributed by atoms with van der Waals surface area (Å²) >= 11 is 1.90. The van der Waals surface area contributed by atoms with Crippen LogP contribution in [-0.2, 0) is 0 Å². The zero-order chi connectivity index (χ0) is 33.2. The number of hydrogen-bond acceptors (Lipinski definition) is 1. The minimum atomic E-state index is 1.15. The van der Waals surface area contributed by atoms with Crippen LogP contribution in [-0.4, -0.2) is 8.97 Å². The van der Waals surface area contributed by atoms with E-state index in [-0.39, 0.29) is 0 Å². The van der Waals surface area contributed by atoms with E-state index in [4.69, 9.17) is 0 Å². The highest BCUT2D eigenvalue weighted by molar-refractivity contribution is 7.26. The second-order valence-corrected chi connectivity index (χ2v) is 14.7. The predicted molar refractivity (Wildman–Crippen MR) is 220 cm³/mol. The van der Waals surface area contributed by atoms with Gasteiger partial charge in [-0.15, -0.1) is 11.3 Å². The molecule has 0 spiro atoms. The van der Waals surface area contributed by atoms with Crippen molar-refractivity contribution in [2.24, 2.45) is 0 Å². The molecule has 0 radical (unpaired) electrons. The van der Waals surface area contributed by atoms with Crippen molar-refractivity contribution in [1.82, 2.24) is 8.97 Å². The van der Waals surface area contributed by atoms with Crippen molar-refractivity contribution >= 4 is 102 Å². The Labute approximate surface area is 296 Å². The maximum absolute atomic E-state index is 2.60. The third-order valence-corrected chi connectivity index (χ3v) is 12.2. The van der Waals surface area contributed by atoms with Crippen LogP contribution in [0.3, 0.4) is 0 Å². The molecule has 4 heterocycles. The van der Waals surface area contributed by atoms with Crippen LogP contribution < -0.4 is 0 Å². The van der Waals surface area contributed by atoms with Gasteiger partial charge in [-0.05, 0) is 58.3 Å². The van der Waals surface area contributed by atoms with Gasteiger partial charge in [-0.3, -0.25) is 0 Å². The molecular formula is C48H28N2S. The molecule has 51 heavy (non-hydrogen) atoms. The summed E-state index contributed by atoms with van der Waals surface area (Å²) in [6.07, 6.45) is 0. The number of benzene rings is 8. The summed E-state index contributed by atoms with van der Waals surface area (Å²) in [5, 5.41) is 12.8. The fourth-order valence-electron chi connectivity index (χ4n) is 8.97. The summed E-state index contributed by atoms with van der Waals surface area (Å²) in [6, 6.07) is 63.0. The van der Waals surface area contributed by atoms with Crippen molar-refractivity contribution < 1.29 is 0 Å². The first kappa shape index (κ1) is 27.4. The van der Waals surface area contributed by atoms with Crippen molar-refractivity contribution in [2.45, 2.75) is 0 Å². The molecule has 0 aliphatic rings. The van der Waals surface area contributed by atoms with E-state index in [0.717, 1.165) is 5.69 Å². The Bertz CT molecular complexity index is 3400. The van der Waals surface area contributed by atoms with E-state index in [1.807, 2.05) is 11.3 Å². The van der Waals surface area contributed by atoms with Crippen LogP contribution in [0.15, 0.2) is 170 Å². The third-order valence-electron chi connectivity index (χ3n) is 11.1. The first-order chi connectivity index (χ1) is 25.3. The minimum Gasteiger partial charge on any atom is -0.307 e. The van der Waals surface area contributed by atoms with E-state index in [1.165, 1.54) is 102 Å². The van der Waals surface area contributed by atoms with Gasteiger partial charge in [0.05, 0.1) is 27.6 Å². The number of para-hydroxylation sites is 3.